The first kappa shape index (κ1) is 14.6. The summed E-state index contributed by atoms with van der Waals surface area (Å²) in [6.45, 7) is 2.16. The fraction of sp³-hybridized carbons (Fsp3) is 0.167. The molecule has 1 aromatic heterocycles. The lowest BCUT2D eigenvalue weighted by Gasteiger charge is -2.04. The van der Waals surface area contributed by atoms with Crippen molar-refractivity contribution in [3.05, 3.63) is 59.5 Å². The third-order valence-electron chi connectivity index (χ3n) is 3.50. The lowest BCUT2D eigenvalue weighted by molar-refractivity contribution is 0.415. The van der Waals surface area contributed by atoms with Gasteiger partial charge in [0.1, 0.15) is 5.75 Å². The van der Waals surface area contributed by atoms with Crippen molar-refractivity contribution >= 4 is 22.2 Å². The van der Waals surface area contributed by atoms with Crippen LogP contribution in [0.3, 0.4) is 0 Å². The Kier molecular flexibility index (Phi) is 4.39. The molecule has 0 radical (unpaired) electrons. The predicted octanol–water partition coefficient (Wildman–Crippen LogP) is 5.12. The second-order valence-corrected chi connectivity index (χ2v) is 5.80. The van der Waals surface area contributed by atoms with Crippen LogP contribution in [-0.4, -0.2) is 12.1 Å². The summed E-state index contributed by atoms with van der Waals surface area (Å²) in [6.07, 6.45) is 1.06. The van der Waals surface area contributed by atoms with Crippen LogP contribution in [0.2, 0.25) is 0 Å². The third-order valence-corrected chi connectivity index (χ3v) is 4.26. The highest BCUT2D eigenvalue weighted by molar-refractivity contribution is 7.14. The molecule has 0 saturated heterocycles. The van der Waals surface area contributed by atoms with E-state index in [-0.39, 0.29) is 0 Å². The lowest BCUT2D eigenvalue weighted by atomic mass is 10.1. The van der Waals surface area contributed by atoms with Gasteiger partial charge in [-0.05, 0) is 36.2 Å². The average molecular weight is 310 g/mol. The van der Waals surface area contributed by atoms with E-state index in [0.717, 1.165) is 34.2 Å². The average Bonchev–Trinajstić information content (AvgIpc) is 3.04. The normalized spacial score (nSPS) is 10.5. The van der Waals surface area contributed by atoms with Gasteiger partial charge in [-0.1, -0.05) is 31.2 Å². The maximum atomic E-state index is 5.16. The van der Waals surface area contributed by atoms with Crippen molar-refractivity contribution in [3.8, 4) is 17.0 Å². The topological polar surface area (TPSA) is 34.1 Å². The van der Waals surface area contributed by atoms with Crippen LogP contribution in [0.5, 0.6) is 5.75 Å². The number of aromatic nitrogens is 1. The summed E-state index contributed by atoms with van der Waals surface area (Å²) in [7, 11) is 1.67. The molecular formula is C18H18N2OS. The summed E-state index contributed by atoms with van der Waals surface area (Å²) in [5.74, 6) is 0.849. The van der Waals surface area contributed by atoms with Gasteiger partial charge in [0.25, 0.3) is 0 Å². The number of aryl methyl sites for hydroxylation is 1. The molecule has 0 aliphatic rings. The number of rotatable bonds is 5. The van der Waals surface area contributed by atoms with Crippen molar-refractivity contribution in [3.63, 3.8) is 0 Å². The van der Waals surface area contributed by atoms with Crippen molar-refractivity contribution in [2.24, 2.45) is 0 Å². The minimum atomic E-state index is 0.849. The van der Waals surface area contributed by atoms with Gasteiger partial charge in [-0.2, -0.15) is 0 Å². The Morgan fingerprint density at radius 1 is 1.05 bits per heavy atom. The van der Waals surface area contributed by atoms with E-state index in [2.05, 4.69) is 46.9 Å². The van der Waals surface area contributed by atoms with Gasteiger partial charge in [-0.3, -0.25) is 0 Å². The number of hydrogen-bond donors (Lipinski definition) is 1. The molecular weight excluding hydrogens is 292 g/mol. The zero-order chi connectivity index (χ0) is 15.4. The Bertz CT molecular complexity index is 733. The summed E-state index contributed by atoms with van der Waals surface area (Å²) in [6, 6.07) is 16.4. The molecule has 1 heterocycles. The second-order valence-electron chi connectivity index (χ2n) is 4.94. The second kappa shape index (κ2) is 6.62. The molecule has 1 N–H and O–H groups in total. The van der Waals surface area contributed by atoms with Crippen molar-refractivity contribution in [2.45, 2.75) is 13.3 Å². The van der Waals surface area contributed by atoms with Crippen molar-refractivity contribution in [1.29, 1.82) is 0 Å². The summed E-state index contributed by atoms with van der Waals surface area (Å²) in [4.78, 5) is 4.65. The Hall–Kier alpha value is -2.33. The number of ether oxygens (including phenoxy) is 1. The number of benzene rings is 2. The number of anilines is 2. The minimum absolute atomic E-state index is 0.849. The third kappa shape index (κ3) is 3.28. The molecule has 3 nitrogen and oxygen atoms in total. The number of hydrogen-bond acceptors (Lipinski definition) is 4. The Morgan fingerprint density at radius 3 is 2.41 bits per heavy atom. The Labute approximate surface area is 134 Å². The first-order chi connectivity index (χ1) is 10.8. The van der Waals surface area contributed by atoms with E-state index in [4.69, 9.17) is 4.74 Å². The Morgan fingerprint density at radius 2 is 1.77 bits per heavy atom. The number of nitrogens with one attached hydrogen (secondary N) is 1. The van der Waals surface area contributed by atoms with E-state index in [9.17, 15) is 0 Å². The zero-order valence-corrected chi connectivity index (χ0v) is 13.5. The summed E-state index contributed by atoms with van der Waals surface area (Å²) in [5.41, 5.74) is 4.50. The van der Waals surface area contributed by atoms with Crippen LogP contribution in [0.15, 0.2) is 53.9 Å². The van der Waals surface area contributed by atoms with Crippen LogP contribution in [0.4, 0.5) is 10.8 Å². The summed E-state index contributed by atoms with van der Waals surface area (Å²) >= 11 is 1.61. The standard InChI is InChI=1S/C18H18N2OS/c1-3-13-4-6-14(7-5-13)17-12-22-18(20-17)19-15-8-10-16(21-2)11-9-15/h4-12H,3H2,1-2H3,(H,19,20). The molecule has 112 valence electrons. The van der Waals surface area contributed by atoms with Crippen molar-refractivity contribution in [1.82, 2.24) is 4.98 Å². The van der Waals surface area contributed by atoms with Gasteiger partial charge >= 0.3 is 0 Å². The smallest absolute Gasteiger partial charge is 0.187 e. The van der Waals surface area contributed by atoms with Gasteiger partial charge in [-0.15, -0.1) is 11.3 Å². The highest BCUT2D eigenvalue weighted by Crippen LogP contribution is 2.28. The maximum Gasteiger partial charge on any atom is 0.187 e. The molecule has 0 aliphatic carbocycles. The zero-order valence-electron chi connectivity index (χ0n) is 12.7. The van der Waals surface area contributed by atoms with E-state index in [1.807, 2.05) is 24.3 Å². The molecule has 0 spiro atoms. The van der Waals surface area contributed by atoms with Gasteiger partial charge in [-0.25, -0.2) is 4.98 Å². The molecule has 0 unspecified atom stereocenters. The van der Waals surface area contributed by atoms with Crippen LogP contribution in [0, 0.1) is 0 Å². The molecule has 2 aromatic carbocycles. The fourth-order valence-corrected chi connectivity index (χ4v) is 2.91. The fourth-order valence-electron chi connectivity index (χ4n) is 2.17. The molecule has 0 atom stereocenters. The van der Waals surface area contributed by atoms with Gasteiger partial charge in [0.2, 0.25) is 0 Å². The van der Waals surface area contributed by atoms with Crippen LogP contribution in [0.25, 0.3) is 11.3 Å². The van der Waals surface area contributed by atoms with Crippen molar-refractivity contribution in [2.75, 3.05) is 12.4 Å². The number of thiazole rings is 1. The highest BCUT2D eigenvalue weighted by Gasteiger charge is 2.05. The van der Waals surface area contributed by atoms with E-state index < -0.39 is 0 Å². The van der Waals surface area contributed by atoms with Crippen LogP contribution < -0.4 is 10.1 Å². The first-order valence-corrected chi connectivity index (χ1v) is 8.12. The quantitative estimate of drug-likeness (QED) is 0.710. The van der Waals surface area contributed by atoms with Crippen LogP contribution in [-0.2, 0) is 6.42 Å². The Balaban J connectivity index is 1.74. The summed E-state index contributed by atoms with van der Waals surface area (Å²) in [5, 5.41) is 6.28. The molecule has 0 amide bonds. The van der Waals surface area contributed by atoms with Crippen molar-refractivity contribution < 1.29 is 4.74 Å². The minimum Gasteiger partial charge on any atom is -0.497 e. The SMILES string of the molecule is CCc1ccc(-c2csc(Nc3ccc(OC)cc3)n2)cc1. The maximum absolute atomic E-state index is 5.16. The first-order valence-electron chi connectivity index (χ1n) is 7.24. The largest absolute Gasteiger partial charge is 0.497 e. The monoisotopic (exact) mass is 310 g/mol. The predicted molar refractivity (Wildman–Crippen MR) is 93.2 cm³/mol. The molecule has 0 fully saturated rings. The van der Waals surface area contributed by atoms with Crippen LogP contribution in [0.1, 0.15) is 12.5 Å². The number of methoxy groups -OCH3 is 1. The molecule has 22 heavy (non-hydrogen) atoms. The summed E-state index contributed by atoms with van der Waals surface area (Å²) < 4.78 is 5.16. The molecule has 0 bridgehead atoms. The van der Waals surface area contributed by atoms with Crippen LogP contribution >= 0.6 is 11.3 Å². The van der Waals surface area contributed by atoms with Gasteiger partial charge in [0.05, 0.1) is 12.8 Å². The van der Waals surface area contributed by atoms with E-state index in [0.29, 0.717) is 0 Å². The number of nitrogens with zero attached hydrogens (tertiary/aromatic N) is 1. The highest BCUT2D eigenvalue weighted by atomic mass is 32.1. The van der Waals surface area contributed by atoms with E-state index >= 15 is 0 Å². The molecule has 3 aromatic rings. The molecule has 4 heteroatoms. The van der Waals surface area contributed by atoms with E-state index in [1.54, 1.807) is 18.4 Å². The van der Waals surface area contributed by atoms with E-state index in [1.165, 1.54) is 5.56 Å². The van der Waals surface area contributed by atoms with Gasteiger partial charge in [0, 0.05) is 16.6 Å². The molecule has 0 aliphatic heterocycles. The molecule has 3 rings (SSSR count). The van der Waals surface area contributed by atoms with Gasteiger partial charge in [0.15, 0.2) is 5.13 Å². The molecule has 0 saturated carbocycles. The lowest BCUT2D eigenvalue weighted by Crippen LogP contribution is -1.90. The van der Waals surface area contributed by atoms with Gasteiger partial charge < -0.3 is 10.1 Å².